The topological polar surface area (TPSA) is 32.3 Å². The molecule has 0 saturated carbocycles. The van der Waals surface area contributed by atoms with Gasteiger partial charge in [-0.1, -0.05) is 35.9 Å². The van der Waals surface area contributed by atoms with E-state index < -0.39 is 0 Å². The van der Waals surface area contributed by atoms with Gasteiger partial charge in [0.25, 0.3) is 0 Å². The number of amides is 1. The summed E-state index contributed by atoms with van der Waals surface area (Å²) >= 11 is 5.92. The molecule has 3 rings (SSSR count). The maximum atomic E-state index is 12.3. The van der Waals surface area contributed by atoms with Crippen molar-refractivity contribution in [2.45, 2.75) is 6.42 Å². The van der Waals surface area contributed by atoms with Gasteiger partial charge in [-0.3, -0.25) is 4.79 Å². The SMILES string of the molecule is O=C(CNc1cccc(Cl)c1)N1CCc2ccccc21. The Labute approximate surface area is 123 Å². The Bertz CT molecular complexity index is 642. The van der Waals surface area contributed by atoms with E-state index in [1.807, 2.05) is 47.4 Å². The van der Waals surface area contributed by atoms with Crippen LogP contribution in [0.1, 0.15) is 5.56 Å². The number of anilines is 2. The smallest absolute Gasteiger partial charge is 0.246 e. The highest BCUT2D eigenvalue weighted by atomic mass is 35.5. The van der Waals surface area contributed by atoms with Crippen LogP contribution < -0.4 is 10.2 Å². The van der Waals surface area contributed by atoms with E-state index in [1.54, 1.807) is 0 Å². The first-order valence-electron chi connectivity index (χ1n) is 6.62. The Morgan fingerprint density at radius 1 is 1.20 bits per heavy atom. The molecule has 0 aromatic heterocycles. The van der Waals surface area contributed by atoms with Gasteiger partial charge in [-0.15, -0.1) is 0 Å². The molecule has 0 radical (unpaired) electrons. The molecule has 2 aromatic carbocycles. The van der Waals surface area contributed by atoms with Gasteiger partial charge in [-0.25, -0.2) is 0 Å². The Morgan fingerprint density at radius 2 is 2.05 bits per heavy atom. The summed E-state index contributed by atoms with van der Waals surface area (Å²) in [6, 6.07) is 15.4. The molecule has 0 spiro atoms. The number of fused-ring (bicyclic) bond motifs is 1. The van der Waals surface area contributed by atoms with Crippen LogP contribution in [0.5, 0.6) is 0 Å². The monoisotopic (exact) mass is 286 g/mol. The van der Waals surface area contributed by atoms with Crippen LogP contribution in [0.4, 0.5) is 11.4 Å². The van der Waals surface area contributed by atoms with E-state index in [1.165, 1.54) is 5.56 Å². The number of hydrogen-bond acceptors (Lipinski definition) is 2. The highest BCUT2D eigenvalue weighted by molar-refractivity contribution is 6.30. The van der Waals surface area contributed by atoms with Gasteiger partial charge in [0.05, 0.1) is 6.54 Å². The molecule has 4 heteroatoms. The Balaban J connectivity index is 1.66. The van der Waals surface area contributed by atoms with E-state index >= 15 is 0 Å². The lowest BCUT2D eigenvalue weighted by atomic mass is 10.2. The first kappa shape index (κ1) is 13.0. The molecule has 0 fully saturated rings. The lowest BCUT2D eigenvalue weighted by Gasteiger charge is -2.18. The van der Waals surface area contributed by atoms with E-state index in [-0.39, 0.29) is 12.5 Å². The zero-order valence-corrected chi connectivity index (χ0v) is 11.7. The highest BCUT2D eigenvalue weighted by Crippen LogP contribution is 2.27. The van der Waals surface area contributed by atoms with Crippen LogP contribution in [0.15, 0.2) is 48.5 Å². The van der Waals surface area contributed by atoms with Gasteiger partial charge in [0.15, 0.2) is 0 Å². The van der Waals surface area contributed by atoms with Crippen molar-refractivity contribution in [1.29, 1.82) is 0 Å². The first-order valence-corrected chi connectivity index (χ1v) is 6.99. The molecular formula is C16H15ClN2O. The summed E-state index contributed by atoms with van der Waals surface area (Å²) in [6.07, 6.45) is 0.930. The van der Waals surface area contributed by atoms with Gasteiger partial charge in [0, 0.05) is 22.9 Å². The second-order valence-electron chi connectivity index (χ2n) is 4.79. The van der Waals surface area contributed by atoms with Crippen molar-refractivity contribution in [1.82, 2.24) is 0 Å². The standard InChI is InChI=1S/C16H15ClN2O/c17-13-5-3-6-14(10-13)18-11-16(20)19-9-8-12-4-1-2-7-15(12)19/h1-7,10,18H,8-9,11H2. The van der Waals surface area contributed by atoms with Gasteiger partial charge in [0.2, 0.25) is 5.91 Å². The number of nitrogens with one attached hydrogen (secondary N) is 1. The summed E-state index contributed by atoms with van der Waals surface area (Å²) in [6.45, 7) is 1.03. The number of halogens is 1. The van der Waals surface area contributed by atoms with E-state index in [0.717, 1.165) is 24.3 Å². The molecular weight excluding hydrogens is 272 g/mol. The number of rotatable bonds is 3. The minimum atomic E-state index is 0.0786. The summed E-state index contributed by atoms with van der Waals surface area (Å²) in [7, 11) is 0. The van der Waals surface area contributed by atoms with Crippen LogP contribution in [0, 0.1) is 0 Å². The van der Waals surface area contributed by atoms with Crippen LogP contribution in [-0.2, 0) is 11.2 Å². The number of para-hydroxylation sites is 1. The summed E-state index contributed by atoms with van der Waals surface area (Å²) in [4.78, 5) is 14.1. The fraction of sp³-hybridized carbons (Fsp3) is 0.188. The van der Waals surface area contributed by atoms with Gasteiger partial charge in [-0.2, -0.15) is 0 Å². The van der Waals surface area contributed by atoms with Crippen molar-refractivity contribution in [3.63, 3.8) is 0 Å². The van der Waals surface area contributed by atoms with Crippen molar-refractivity contribution in [3.05, 3.63) is 59.1 Å². The molecule has 0 saturated heterocycles. The van der Waals surface area contributed by atoms with Gasteiger partial charge in [-0.05, 0) is 36.2 Å². The van der Waals surface area contributed by atoms with Crippen LogP contribution in [0.25, 0.3) is 0 Å². The van der Waals surface area contributed by atoms with Crippen molar-refractivity contribution >= 4 is 28.9 Å². The zero-order valence-electron chi connectivity index (χ0n) is 11.0. The third kappa shape index (κ3) is 2.63. The van der Waals surface area contributed by atoms with Gasteiger partial charge < -0.3 is 10.2 Å². The molecule has 0 atom stereocenters. The normalized spacial score (nSPS) is 13.2. The first-order chi connectivity index (χ1) is 9.74. The number of benzene rings is 2. The maximum absolute atomic E-state index is 12.3. The van der Waals surface area contributed by atoms with Crippen LogP contribution in [-0.4, -0.2) is 19.0 Å². The molecule has 102 valence electrons. The maximum Gasteiger partial charge on any atom is 0.246 e. The van der Waals surface area contributed by atoms with Crippen LogP contribution in [0.2, 0.25) is 5.02 Å². The van der Waals surface area contributed by atoms with Gasteiger partial charge >= 0.3 is 0 Å². The fourth-order valence-corrected chi connectivity index (χ4v) is 2.66. The molecule has 1 heterocycles. The number of carbonyl (C=O) groups is 1. The largest absolute Gasteiger partial charge is 0.376 e. The van der Waals surface area contributed by atoms with E-state index in [4.69, 9.17) is 11.6 Å². The minimum absolute atomic E-state index is 0.0786. The molecule has 1 aliphatic rings. The van der Waals surface area contributed by atoms with Gasteiger partial charge in [0.1, 0.15) is 0 Å². The molecule has 0 bridgehead atoms. The average molecular weight is 287 g/mol. The minimum Gasteiger partial charge on any atom is -0.376 e. The predicted octanol–water partition coefficient (Wildman–Crippen LogP) is 3.34. The third-order valence-corrected chi connectivity index (χ3v) is 3.69. The molecule has 0 aliphatic carbocycles. The molecule has 1 N–H and O–H groups in total. The Kier molecular flexibility index (Phi) is 3.61. The predicted molar refractivity (Wildman–Crippen MR) is 82.4 cm³/mol. The summed E-state index contributed by atoms with van der Waals surface area (Å²) in [5.74, 6) is 0.0786. The summed E-state index contributed by atoms with van der Waals surface area (Å²) in [5.41, 5.74) is 3.13. The third-order valence-electron chi connectivity index (χ3n) is 3.46. The molecule has 3 nitrogen and oxygen atoms in total. The quantitative estimate of drug-likeness (QED) is 0.938. The van der Waals surface area contributed by atoms with Crippen LogP contribution in [0.3, 0.4) is 0 Å². The molecule has 1 aliphatic heterocycles. The Morgan fingerprint density at radius 3 is 2.90 bits per heavy atom. The number of hydrogen-bond donors (Lipinski definition) is 1. The van der Waals surface area contributed by atoms with Crippen molar-refractivity contribution in [3.8, 4) is 0 Å². The number of nitrogens with zero attached hydrogens (tertiary/aromatic N) is 1. The lowest BCUT2D eigenvalue weighted by molar-refractivity contribution is -0.116. The zero-order chi connectivity index (χ0) is 13.9. The van der Waals surface area contributed by atoms with Crippen LogP contribution >= 0.6 is 11.6 Å². The lowest BCUT2D eigenvalue weighted by Crippen LogP contribution is -2.34. The van der Waals surface area contributed by atoms with E-state index in [0.29, 0.717) is 5.02 Å². The molecule has 20 heavy (non-hydrogen) atoms. The second-order valence-corrected chi connectivity index (χ2v) is 5.22. The molecule has 1 amide bonds. The van der Waals surface area contributed by atoms with E-state index in [9.17, 15) is 4.79 Å². The van der Waals surface area contributed by atoms with Crippen molar-refractivity contribution in [2.24, 2.45) is 0 Å². The molecule has 2 aromatic rings. The second kappa shape index (κ2) is 5.55. The number of carbonyl (C=O) groups excluding carboxylic acids is 1. The van der Waals surface area contributed by atoms with Crippen molar-refractivity contribution < 1.29 is 4.79 Å². The summed E-state index contributed by atoms with van der Waals surface area (Å²) < 4.78 is 0. The van der Waals surface area contributed by atoms with Crippen molar-refractivity contribution in [2.75, 3.05) is 23.3 Å². The molecule has 0 unspecified atom stereocenters. The fourth-order valence-electron chi connectivity index (χ4n) is 2.47. The van der Waals surface area contributed by atoms with E-state index in [2.05, 4.69) is 11.4 Å². The highest BCUT2D eigenvalue weighted by Gasteiger charge is 2.23. The Hall–Kier alpha value is -2.00. The average Bonchev–Trinajstić information content (AvgIpc) is 2.89. The summed E-state index contributed by atoms with van der Waals surface area (Å²) in [5, 5.41) is 3.78.